The molecule has 1 saturated carbocycles. The summed E-state index contributed by atoms with van der Waals surface area (Å²) < 4.78 is 0. The fourth-order valence-electron chi connectivity index (χ4n) is 2.73. The van der Waals surface area contributed by atoms with Gasteiger partial charge in [-0.1, -0.05) is 20.8 Å². The third-order valence-electron chi connectivity index (χ3n) is 3.98. The van der Waals surface area contributed by atoms with E-state index in [9.17, 15) is 4.79 Å². The van der Waals surface area contributed by atoms with Crippen molar-refractivity contribution in [2.45, 2.75) is 65.3 Å². The first-order valence-electron chi connectivity index (χ1n) is 6.91. The second-order valence-corrected chi connectivity index (χ2v) is 6.44. The van der Waals surface area contributed by atoms with Crippen LogP contribution in [0.2, 0.25) is 0 Å². The number of nitrogens with one attached hydrogen (secondary N) is 1. The van der Waals surface area contributed by atoms with Crippen LogP contribution in [0, 0.1) is 11.3 Å². The van der Waals surface area contributed by atoms with Crippen molar-refractivity contribution < 1.29 is 4.79 Å². The second-order valence-electron chi connectivity index (χ2n) is 6.44. The average Bonchev–Trinajstić information content (AvgIpc) is 2.23. The maximum atomic E-state index is 10.6. The Labute approximate surface area is 106 Å². The summed E-state index contributed by atoms with van der Waals surface area (Å²) in [5, 5.41) is 3.54. The van der Waals surface area contributed by atoms with E-state index in [1.165, 1.54) is 25.7 Å². The number of carbonyl (C=O) groups excluding carboxylic acids is 1. The zero-order valence-corrected chi connectivity index (χ0v) is 11.6. The fourth-order valence-corrected chi connectivity index (χ4v) is 2.73. The van der Waals surface area contributed by atoms with E-state index < -0.39 is 0 Å². The molecule has 3 N–H and O–H groups in total. The van der Waals surface area contributed by atoms with E-state index in [2.05, 4.69) is 26.1 Å². The van der Waals surface area contributed by atoms with E-state index in [-0.39, 0.29) is 5.91 Å². The van der Waals surface area contributed by atoms with E-state index in [4.69, 9.17) is 5.73 Å². The number of hydrogen-bond acceptors (Lipinski definition) is 2. The predicted octanol–water partition coefficient (Wildman–Crippen LogP) is 2.45. The topological polar surface area (TPSA) is 55.1 Å². The van der Waals surface area contributed by atoms with Crippen LogP contribution in [0.1, 0.15) is 59.3 Å². The van der Waals surface area contributed by atoms with Crippen molar-refractivity contribution in [2.24, 2.45) is 17.1 Å². The van der Waals surface area contributed by atoms with Crippen molar-refractivity contribution in [2.75, 3.05) is 6.54 Å². The summed E-state index contributed by atoms with van der Waals surface area (Å²) in [5.41, 5.74) is 5.57. The van der Waals surface area contributed by atoms with Crippen LogP contribution >= 0.6 is 0 Å². The summed E-state index contributed by atoms with van der Waals surface area (Å²) in [5.74, 6) is 0.675. The van der Waals surface area contributed by atoms with E-state index in [1.54, 1.807) is 0 Å². The average molecular weight is 240 g/mol. The Morgan fingerprint density at radius 2 is 1.82 bits per heavy atom. The zero-order chi connectivity index (χ0) is 12.9. The molecule has 17 heavy (non-hydrogen) atoms. The van der Waals surface area contributed by atoms with Crippen LogP contribution < -0.4 is 11.1 Å². The molecule has 0 bridgehead atoms. The maximum Gasteiger partial charge on any atom is 0.217 e. The van der Waals surface area contributed by atoms with Crippen LogP contribution in [0.15, 0.2) is 0 Å². The lowest BCUT2D eigenvalue weighted by Crippen LogP contribution is -2.36. The minimum absolute atomic E-state index is 0.191. The van der Waals surface area contributed by atoms with E-state index >= 15 is 0 Å². The summed E-state index contributed by atoms with van der Waals surface area (Å²) in [6.07, 6.45) is 6.59. The molecular weight excluding hydrogens is 212 g/mol. The molecule has 0 aliphatic heterocycles. The lowest BCUT2D eigenvalue weighted by Gasteiger charge is -2.37. The van der Waals surface area contributed by atoms with Crippen molar-refractivity contribution in [3.63, 3.8) is 0 Å². The zero-order valence-electron chi connectivity index (χ0n) is 11.6. The van der Waals surface area contributed by atoms with Gasteiger partial charge < -0.3 is 11.1 Å². The summed E-state index contributed by atoms with van der Waals surface area (Å²) in [6, 6.07) is 0.654. The number of carbonyl (C=O) groups is 1. The lowest BCUT2D eigenvalue weighted by atomic mass is 9.71. The smallest absolute Gasteiger partial charge is 0.217 e. The molecule has 1 fully saturated rings. The van der Waals surface area contributed by atoms with Gasteiger partial charge >= 0.3 is 0 Å². The van der Waals surface area contributed by atoms with Gasteiger partial charge in [0.25, 0.3) is 0 Å². The first-order valence-corrected chi connectivity index (χ1v) is 6.91. The number of amides is 1. The van der Waals surface area contributed by atoms with Gasteiger partial charge in [-0.2, -0.15) is 0 Å². The molecular formula is C14H28N2O. The van der Waals surface area contributed by atoms with E-state index in [1.807, 2.05) is 0 Å². The van der Waals surface area contributed by atoms with E-state index in [0.29, 0.717) is 17.9 Å². The van der Waals surface area contributed by atoms with Gasteiger partial charge in [0.1, 0.15) is 0 Å². The largest absolute Gasteiger partial charge is 0.370 e. The molecule has 0 radical (unpaired) electrons. The highest BCUT2D eigenvalue weighted by Gasteiger charge is 2.29. The van der Waals surface area contributed by atoms with Gasteiger partial charge in [0.2, 0.25) is 5.91 Å². The van der Waals surface area contributed by atoms with Crippen LogP contribution in [0.5, 0.6) is 0 Å². The van der Waals surface area contributed by atoms with Crippen LogP contribution in [0.3, 0.4) is 0 Å². The first-order chi connectivity index (χ1) is 7.89. The first kappa shape index (κ1) is 14.5. The van der Waals surface area contributed by atoms with E-state index in [0.717, 1.165) is 18.9 Å². The summed E-state index contributed by atoms with van der Waals surface area (Å²) in [6.45, 7) is 7.96. The molecule has 1 amide bonds. The fraction of sp³-hybridized carbons (Fsp3) is 0.929. The Morgan fingerprint density at radius 1 is 1.24 bits per heavy atom. The third kappa shape index (κ3) is 5.53. The highest BCUT2D eigenvalue weighted by atomic mass is 16.1. The quantitative estimate of drug-likeness (QED) is 0.725. The van der Waals surface area contributed by atoms with Crippen molar-refractivity contribution in [1.82, 2.24) is 5.32 Å². The van der Waals surface area contributed by atoms with Gasteiger partial charge in [-0.3, -0.25) is 4.79 Å². The molecule has 3 heteroatoms. The Hall–Kier alpha value is -0.570. The molecule has 0 spiro atoms. The number of rotatable bonds is 5. The number of hydrogen-bond donors (Lipinski definition) is 2. The molecule has 1 rings (SSSR count). The molecule has 1 aliphatic rings. The standard InChI is InChI=1S/C14H28N2O/c1-14(2,3)11-6-8-12(9-7-11)16-10-4-5-13(15)17/h11-12,16H,4-10H2,1-3H3,(H2,15,17). The Balaban J connectivity index is 2.13. The summed E-state index contributed by atoms with van der Waals surface area (Å²) in [7, 11) is 0. The molecule has 100 valence electrons. The molecule has 0 heterocycles. The highest BCUT2D eigenvalue weighted by molar-refractivity contribution is 5.73. The van der Waals surface area contributed by atoms with Gasteiger partial charge in [-0.25, -0.2) is 0 Å². The minimum atomic E-state index is -0.191. The van der Waals surface area contributed by atoms with Crippen LogP contribution in [-0.2, 0) is 4.79 Å². The van der Waals surface area contributed by atoms with Gasteiger partial charge in [0.05, 0.1) is 0 Å². The van der Waals surface area contributed by atoms with Crippen LogP contribution in [0.25, 0.3) is 0 Å². The van der Waals surface area contributed by atoms with Crippen LogP contribution in [-0.4, -0.2) is 18.5 Å². The number of primary amides is 1. The second kappa shape index (κ2) is 6.39. The normalized spacial score (nSPS) is 25.8. The van der Waals surface area contributed by atoms with Crippen LogP contribution in [0.4, 0.5) is 0 Å². The predicted molar refractivity (Wildman–Crippen MR) is 71.6 cm³/mol. The molecule has 0 aromatic heterocycles. The minimum Gasteiger partial charge on any atom is -0.370 e. The summed E-state index contributed by atoms with van der Waals surface area (Å²) in [4.78, 5) is 10.6. The molecule has 0 saturated heterocycles. The summed E-state index contributed by atoms with van der Waals surface area (Å²) >= 11 is 0. The molecule has 0 atom stereocenters. The van der Waals surface area contributed by atoms with Crippen molar-refractivity contribution in [3.05, 3.63) is 0 Å². The SMILES string of the molecule is CC(C)(C)C1CCC(NCCCC(N)=O)CC1. The molecule has 0 aromatic carbocycles. The van der Waals surface area contributed by atoms with Crippen molar-refractivity contribution in [1.29, 1.82) is 0 Å². The highest BCUT2D eigenvalue weighted by Crippen LogP contribution is 2.37. The van der Waals surface area contributed by atoms with Crippen molar-refractivity contribution >= 4 is 5.91 Å². The van der Waals surface area contributed by atoms with Gasteiger partial charge in [0.15, 0.2) is 0 Å². The van der Waals surface area contributed by atoms with Gasteiger partial charge in [-0.15, -0.1) is 0 Å². The third-order valence-corrected chi connectivity index (χ3v) is 3.98. The van der Waals surface area contributed by atoms with Crippen molar-refractivity contribution in [3.8, 4) is 0 Å². The molecule has 0 aromatic rings. The molecule has 0 unspecified atom stereocenters. The molecule has 3 nitrogen and oxygen atoms in total. The van der Waals surface area contributed by atoms with Gasteiger partial charge in [-0.05, 0) is 50.0 Å². The number of nitrogens with two attached hydrogens (primary N) is 1. The Bertz CT molecular complexity index is 237. The Morgan fingerprint density at radius 3 is 2.29 bits per heavy atom. The van der Waals surface area contributed by atoms with Gasteiger partial charge in [0, 0.05) is 12.5 Å². The Kier molecular flexibility index (Phi) is 5.44. The maximum absolute atomic E-state index is 10.6. The lowest BCUT2D eigenvalue weighted by molar-refractivity contribution is -0.118. The molecule has 1 aliphatic carbocycles. The monoisotopic (exact) mass is 240 g/mol.